The highest BCUT2D eigenvalue weighted by atomic mass is 32.2. The Hall–Kier alpha value is -1.65. The van der Waals surface area contributed by atoms with E-state index < -0.39 is 19.9 Å². The molecule has 0 spiro atoms. The molecule has 26 heavy (non-hydrogen) atoms. The Morgan fingerprint density at radius 2 is 2.00 bits per heavy atom. The molecule has 1 aromatic rings. The largest absolute Gasteiger partial charge is 0.357 e. The number of rotatable bonds is 8. The molecule has 2 rings (SSSR count). The molecular formula is C16H26N4O4S2. The SMILES string of the molecule is CCNC(=NCCS(=O)(=O)NCc1ccccc1)NC1CCS(=O)(=O)C1. The number of benzene rings is 1. The molecule has 0 radical (unpaired) electrons. The van der Waals surface area contributed by atoms with Crippen molar-refractivity contribution in [1.29, 1.82) is 0 Å². The third-order valence-electron chi connectivity index (χ3n) is 3.89. The molecule has 8 nitrogen and oxygen atoms in total. The summed E-state index contributed by atoms with van der Waals surface area (Å²) in [5.41, 5.74) is 0.886. The summed E-state index contributed by atoms with van der Waals surface area (Å²) < 4.78 is 49.7. The highest BCUT2D eigenvalue weighted by Gasteiger charge is 2.28. The lowest BCUT2D eigenvalue weighted by molar-refractivity contribution is 0.581. The van der Waals surface area contributed by atoms with E-state index >= 15 is 0 Å². The van der Waals surface area contributed by atoms with Gasteiger partial charge in [-0.1, -0.05) is 30.3 Å². The lowest BCUT2D eigenvalue weighted by Gasteiger charge is -2.15. The zero-order valence-electron chi connectivity index (χ0n) is 14.8. The number of nitrogens with zero attached hydrogens (tertiary/aromatic N) is 1. The van der Waals surface area contributed by atoms with Gasteiger partial charge in [0.2, 0.25) is 10.0 Å². The molecule has 0 aromatic heterocycles. The standard InChI is InChI=1S/C16H26N4O4S2/c1-2-17-16(20-15-8-10-25(21,22)13-15)18-9-11-26(23,24)19-12-14-6-4-3-5-7-14/h3-7,15,19H,2,8-13H2,1H3,(H2,17,18,20). The molecule has 0 aliphatic carbocycles. The fourth-order valence-corrected chi connectivity index (χ4v) is 5.10. The van der Waals surface area contributed by atoms with E-state index in [0.717, 1.165) is 5.56 Å². The van der Waals surface area contributed by atoms with Gasteiger partial charge in [0.25, 0.3) is 0 Å². The smallest absolute Gasteiger partial charge is 0.213 e. The number of guanidine groups is 1. The fraction of sp³-hybridized carbons (Fsp3) is 0.562. The van der Waals surface area contributed by atoms with Crippen LogP contribution in [-0.2, 0) is 26.4 Å². The van der Waals surface area contributed by atoms with E-state index in [-0.39, 0.29) is 36.4 Å². The van der Waals surface area contributed by atoms with Crippen molar-refractivity contribution in [2.75, 3.05) is 30.3 Å². The Bertz CT molecular complexity index is 808. The van der Waals surface area contributed by atoms with Crippen molar-refractivity contribution in [2.45, 2.75) is 25.9 Å². The van der Waals surface area contributed by atoms with Crippen LogP contribution in [0.3, 0.4) is 0 Å². The quantitative estimate of drug-likeness (QED) is 0.411. The first-order chi connectivity index (χ1) is 12.3. The molecule has 1 aliphatic heterocycles. The zero-order chi connectivity index (χ0) is 19.0. The molecule has 0 bridgehead atoms. The van der Waals surface area contributed by atoms with Gasteiger partial charge in [-0.25, -0.2) is 21.6 Å². The van der Waals surface area contributed by atoms with Crippen LogP contribution < -0.4 is 15.4 Å². The predicted molar refractivity (Wildman–Crippen MR) is 103 cm³/mol. The van der Waals surface area contributed by atoms with Crippen LogP contribution in [0.4, 0.5) is 0 Å². The Labute approximate surface area is 155 Å². The normalized spacial score (nSPS) is 20.0. The van der Waals surface area contributed by atoms with Gasteiger partial charge in [0, 0.05) is 19.1 Å². The molecule has 1 unspecified atom stereocenters. The van der Waals surface area contributed by atoms with E-state index in [9.17, 15) is 16.8 Å². The average molecular weight is 403 g/mol. The van der Waals surface area contributed by atoms with Crippen molar-refractivity contribution < 1.29 is 16.8 Å². The third-order valence-corrected chi connectivity index (χ3v) is 6.96. The van der Waals surface area contributed by atoms with Crippen molar-refractivity contribution in [1.82, 2.24) is 15.4 Å². The van der Waals surface area contributed by atoms with Gasteiger partial charge in [0.05, 0.1) is 23.8 Å². The average Bonchev–Trinajstić information content (AvgIpc) is 2.93. The number of hydrogen-bond acceptors (Lipinski definition) is 5. The van der Waals surface area contributed by atoms with Gasteiger partial charge in [0.1, 0.15) is 0 Å². The van der Waals surface area contributed by atoms with Crippen molar-refractivity contribution >= 4 is 25.8 Å². The Morgan fingerprint density at radius 3 is 2.62 bits per heavy atom. The minimum Gasteiger partial charge on any atom is -0.357 e. The molecule has 146 valence electrons. The lowest BCUT2D eigenvalue weighted by atomic mass is 10.2. The van der Waals surface area contributed by atoms with Crippen LogP contribution in [0.2, 0.25) is 0 Å². The highest BCUT2D eigenvalue weighted by molar-refractivity contribution is 7.91. The first-order valence-electron chi connectivity index (χ1n) is 8.56. The summed E-state index contributed by atoms with van der Waals surface area (Å²) in [5.74, 6) is 0.545. The van der Waals surface area contributed by atoms with Crippen LogP contribution in [-0.4, -0.2) is 59.2 Å². The van der Waals surface area contributed by atoms with Gasteiger partial charge in [-0.3, -0.25) is 4.99 Å². The summed E-state index contributed by atoms with van der Waals surface area (Å²) in [6.45, 7) is 2.81. The summed E-state index contributed by atoms with van der Waals surface area (Å²) in [7, 11) is -6.43. The van der Waals surface area contributed by atoms with Gasteiger partial charge in [-0.2, -0.15) is 0 Å². The maximum Gasteiger partial charge on any atom is 0.213 e. The molecule has 3 N–H and O–H groups in total. The predicted octanol–water partition coefficient (Wildman–Crippen LogP) is -0.152. The molecule has 0 amide bonds. The van der Waals surface area contributed by atoms with E-state index in [0.29, 0.717) is 18.9 Å². The van der Waals surface area contributed by atoms with Crippen LogP contribution in [0.5, 0.6) is 0 Å². The minimum absolute atomic E-state index is 0.0777. The maximum absolute atomic E-state index is 12.1. The molecular weight excluding hydrogens is 376 g/mol. The van der Waals surface area contributed by atoms with E-state index in [1.165, 1.54) is 0 Å². The molecule has 1 atom stereocenters. The van der Waals surface area contributed by atoms with Crippen molar-refractivity contribution in [3.05, 3.63) is 35.9 Å². The summed E-state index contributed by atoms with van der Waals surface area (Å²) in [6.07, 6.45) is 0.531. The maximum atomic E-state index is 12.1. The number of nitrogens with one attached hydrogen (secondary N) is 3. The second-order valence-corrected chi connectivity index (χ2v) is 10.3. The molecule has 1 aromatic carbocycles. The van der Waals surface area contributed by atoms with Gasteiger partial charge >= 0.3 is 0 Å². The van der Waals surface area contributed by atoms with Crippen molar-refractivity contribution in [3.8, 4) is 0 Å². The van der Waals surface area contributed by atoms with Crippen LogP contribution in [0.25, 0.3) is 0 Å². The van der Waals surface area contributed by atoms with Crippen molar-refractivity contribution in [3.63, 3.8) is 0 Å². The van der Waals surface area contributed by atoms with Crippen LogP contribution >= 0.6 is 0 Å². The van der Waals surface area contributed by atoms with Gasteiger partial charge in [-0.05, 0) is 18.9 Å². The Balaban J connectivity index is 1.84. The number of sulfonamides is 1. The number of sulfone groups is 1. The fourth-order valence-electron chi connectivity index (χ4n) is 2.56. The molecule has 1 saturated heterocycles. The van der Waals surface area contributed by atoms with Crippen LogP contribution in [0.15, 0.2) is 35.3 Å². The topological polar surface area (TPSA) is 117 Å². The Morgan fingerprint density at radius 1 is 1.27 bits per heavy atom. The lowest BCUT2D eigenvalue weighted by Crippen LogP contribution is -2.44. The molecule has 1 aliphatic rings. The zero-order valence-corrected chi connectivity index (χ0v) is 16.4. The molecule has 0 saturated carbocycles. The Kier molecular flexibility index (Phi) is 7.42. The molecule has 1 heterocycles. The number of hydrogen-bond donors (Lipinski definition) is 3. The van der Waals surface area contributed by atoms with Crippen LogP contribution in [0, 0.1) is 0 Å². The molecule has 10 heteroatoms. The van der Waals surface area contributed by atoms with E-state index in [1.807, 2.05) is 37.3 Å². The van der Waals surface area contributed by atoms with E-state index in [2.05, 4.69) is 20.3 Å². The minimum atomic E-state index is -3.44. The molecule has 1 fully saturated rings. The summed E-state index contributed by atoms with van der Waals surface area (Å²) in [6, 6.07) is 9.09. The van der Waals surface area contributed by atoms with Crippen LogP contribution in [0.1, 0.15) is 18.9 Å². The second kappa shape index (κ2) is 9.33. The first kappa shape index (κ1) is 20.7. The number of aliphatic imine (C=N–C) groups is 1. The van der Waals surface area contributed by atoms with E-state index in [1.54, 1.807) is 0 Å². The second-order valence-electron chi connectivity index (χ2n) is 6.13. The van der Waals surface area contributed by atoms with E-state index in [4.69, 9.17) is 0 Å². The summed E-state index contributed by atoms with van der Waals surface area (Å²) >= 11 is 0. The van der Waals surface area contributed by atoms with Gasteiger partial charge < -0.3 is 10.6 Å². The van der Waals surface area contributed by atoms with Crippen molar-refractivity contribution in [2.24, 2.45) is 4.99 Å². The third kappa shape index (κ3) is 7.30. The summed E-state index contributed by atoms with van der Waals surface area (Å²) in [5, 5.41) is 6.07. The van der Waals surface area contributed by atoms with Gasteiger partial charge in [0.15, 0.2) is 15.8 Å². The first-order valence-corrected chi connectivity index (χ1v) is 12.0. The highest BCUT2D eigenvalue weighted by Crippen LogP contribution is 2.10. The summed E-state index contributed by atoms with van der Waals surface area (Å²) in [4.78, 5) is 4.25. The monoisotopic (exact) mass is 402 g/mol. The van der Waals surface area contributed by atoms with Gasteiger partial charge in [-0.15, -0.1) is 0 Å².